The Labute approximate surface area is 186 Å². The molecule has 3 rings (SSSR count). The highest BCUT2D eigenvalue weighted by atomic mass is 35.5. The fraction of sp³-hybridized carbons (Fsp3) is 0.682. The molecule has 2 fully saturated rings. The minimum absolute atomic E-state index is 0.0302. The van der Waals surface area contributed by atoms with Crippen molar-refractivity contribution in [1.29, 1.82) is 0 Å². The first kappa shape index (κ1) is 23.5. The fourth-order valence-corrected chi connectivity index (χ4v) is 5.99. The summed E-state index contributed by atoms with van der Waals surface area (Å²) < 4.78 is 26.9. The van der Waals surface area contributed by atoms with Gasteiger partial charge in [-0.15, -0.1) is 0 Å². The van der Waals surface area contributed by atoms with Gasteiger partial charge in [0, 0.05) is 30.6 Å². The molecule has 30 heavy (non-hydrogen) atoms. The van der Waals surface area contributed by atoms with Crippen molar-refractivity contribution in [1.82, 2.24) is 14.5 Å². The van der Waals surface area contributed by atoms with Crippen LogP contribution in [0.5, 0.6) is 0 Å². The molecule has 0 aromatic heterocycles. The summed E-state index contributed by atoms with van der Waals surface area (Å²) in [6.45, 7) is 4.91. The Morgan fingerprint density at radius 3 is 2.27 bits per heavy atom. The third-order valence-electron chi connectivity index (χ3n) is 6.13. The van der Waals surface area contributed by atoms with Crippen molar-refractivity contribution in [2.24, 2.45) is 5.92 Å². The van der Waals surface area contributed by atoms with Crippen LogP contribution < -0.4 is 5.32 Å². The molecule has 2 saturated heterocycles. The predicted octanol–water partition coefficient (Wildman–Crippen LogP) is 3.26. The number of carbonyl (C=O) groups excluding carboxylic acids is 1. The second kappa shape index (κ2) is 11.5. The summed E-state index contributed by atoms with van der Waals surface area (Å²) in [6, 6.07) is 6.89. The summed E-state index contributed by atoms with van der Waals surface area (Å²) in [4.78, 5) is 15.0. The van der Waals surface area contributed by atoms with Crippen molar-refractivity contribution < 1.29 is 13.2 Å². The number of benzene rings is 1. The molecule has 168 valence electrons. The van der Waals surface area contributed by atoms with Crippen LogP contribution in [0.1, 0.15) is 50.5 Å². The van der Waals surface area contributed by atoms with E-state index in [9.17, 15) is 13.2 Å². The second-order valence-electron chi connectivity index (χ2n) is 8.46. The zero-order valence-corrected chi connectivity index (χ0v) is 19.3. The normalized spacial score (nSPS) is 20.0. The van der Waals surface area contributed by atoms with Crippen LogP contribution >= 0.6 is 11.6 Å². The molecule has 1 amide bonds. The van der Waals surface area contributed by atoms with Crippen molar-refractivity contribution >= 4 is 27.5 Å². The standard InChI is InChI=1S/C22H34ClN3O3S/c23-21-8-6-19(7-9-21)18-30(28,29)26-16-10-20(11-17-26)22(27)24-12-5-15-25-13-3-1-2-4-14-25/h6-9,20H,1-5,10-18H2,(H,24,27). The number of likely N-dealkylation sites (tertiary alicyclic amines) is 1. The number of piperidine rings is 1. The highest BCUT2D eigenvalue weighted by molar-refractivity contribution is 7.88. The van der Waals surface area contributed by atoms with Gasteiger partial charge in [-0.1, -0.05) is 36.6 Å². The Kier molecular flexibility index (Phi) is 8.98. The zero-order valence-electron chi connectivity index (χ0n) is 17.7. The van der Waals surface area contributed by atoms with Gasteiger partial charge in [0.1, 0.15) is 0 Å². The summed E-state index contributed by atoms with van der Waals surface area (Å²) in [7, 11) is -3.38. The van der Waals surface area contributed by atoms with Gasteiger partial charge in [0.25, 0.3) is 0 Å². The van der Waals surface area contributed by atoms with Crippen LogP contribution in [0.2, 0.25) is 5.02 Å². The predicted molar refractivity (Wildman–Crippen MR) is 121 cm³/mol. The Morgan fingerprint density at radius 1 is 1.00 bits per heavy atom. The summed E-state index contributed by atoms with van der Waals surface area (Å²) in [5, 5.41) is 3.65. The monoisotopic (exact) mass is 455 g/mol. The van der Waals surface area contributed by atoms with Crippen LogP contribution in [0.4, 0.5) is 0 Å². The maximum atomic E-state index is 12.7. The molecule has 8 heteroatoms. The molecule has 0 atom stereocenters. The highest BCUT2D eigenvalue weighted by Gasteiger charge is 2.31. The maximum absolute atomic E-state index is 12.7. The Balaban J connectivity index is 1.36. The van der Waals surface area contributed by atoms with Crippen molar-refractivity contribution in [3.8, 4) is 0 Å². The van der Waals surface area contributed by atoms with E-state index in [0.29, 0.717) is 37.5 Å². The number of halogens is 1. The summed E-state index contributed by atoms with van der Waals surface area (Å²) >= 11 is 5.87. The first-order valence-electron chi connectivity index (χ1n) is 11.2. The van der Waals surface area contributed by atoms with Gasteiger partial charge in [-0.3, -0.25) is 4.79 Å². The molecule has 0 unspecified atom stereocenters. The van der Waals surface area contributed by atoms with E-state index in [1.54, 1.807) is 24.3 Å². The number of rotatable bonds is 8. The average Bonchev–Trinajstić information content (AvgIpc) is 3.01. The summed E-state index contributed by atoms with van der Waals surface area (Å²) in [6.07, 6.45) is 7.37. The molecule has 6 nitrogen and oxygen atoms in total. The Bertz CT molecular complexity index is 769. The van der Waals surface area contributed by atoms with E-state index < -0.39 is 10.0 Å². The summed E-state index contributed by atoms with van der Waals surface area (Å²) in [5.74, 6) is -0.0526. The molecule has 2 aliphatic heterocycles. The number of amides is 1. The highest BCUT2D eigenvalue weighted by Crippen LogP contribution is 2.22. The van der Waals surface area contributed by atoms with E-state index in [1.807, 2.05) is 0 Å². The third kappa shape index (κ3) is 7.22. The van der Waals surface area contributed by atoms with E-state index >= 15 is 0 Å². The smallest absolute Gasteiger partial charge is 0.223 e. The number of hydrogen-bond donors (Lipinski definition) is 1. The molecular formula is C22H34ClN3O3S. The average molecular weight is 456 g/mol. The van der Waals surface area contributed by atoms with Crippen LogP contribution in [-0.2, 0) is 20.6 Å². The first-order chi connectivity index (χ1) is 14.4. The van der Waals surface area contributed by atoms with E-state index in [4.69, 9.17) is 11.6 Å². The number of sulfonamides is 1. The lowest BCUT2D eigenvalue weighted by Gasteiger charge is -2.30. The Morgan fingerprint density at radius 2 is 1.63 bits per heavy atom. The summed E-state index contributed by atoms with van der Waals surface area (Å²) in [5.41, 5.74) is 0.726. The van der Waals surface area contributed by atoms with Gasteiger partial charge in [-0.05, 0) is 69.4 Å². The van der Waals surface area contributed by atoms with Crippen LogP contribution in [0.15, 0.2) is 24.3 Å². The molecule has 2 heterocycles. The van der Waals surface area contributed by atoms with Gasteiger partial charge in [0.15, 0.2) is 0 Å². The van der Waals surface area contributed by atoms with Crippen LogP contribution in [-0.4, -0.2) is 62.8 Å². The maximum Gasteiger partial charge on any atom is 0.223 e. The molecule has 1 aromatic rings. The van der Waals surface area contributed by atoms with Crippen molar-refractivity contribution in [2.75, 3.05) is 39.3 Å². The van der Waals surface area contributed by atoms with Gasteiger partial charge < -0.3 is 10.2 Å². The fourth-order valence-electron chi connectivity index (χ4n) is 4.30. The molecule has 0 bridgehead atoms. The lowest BCUT2D eigenvalue weighted by Crippen LogP contribution is -2.43. The molecule has 0 saturated carbocycles. The zero-order chi connectivity index (χ0) is 21.4. The molecule has 2 aliphatic rings. The van der Waals surface area contributed by atoms with Gasteiger partial charge in [-0.25, -0.2) is 12.7 Å². The number of hydrogen-bond acceptors (Lipinski definition) is 4. The van der Waals surface area contributed by atoms with Gasteiger partial charge in [0.2, 0.25) is 15.9 Å². The largest absolute Gasteiger partial charge is 0.356 e. The van der Waals surface area contributed by atoms with Crippen molar-refractivity contribution in [3.63, 3.8) is 0 Å². The van der Waals surface area contributed by atoms with Gasteiger partial charge in [-0.2, -0.15) is 0 Å². The van der Waals surface area contributed by atoms with E-state index in [2.05, 4.69) is 10.2 Å². The minimum atomic E-state index is -3.38. The van der Waals surface area contributed by atoms with Crippen molar-refractivity contribution in [2.45, 2.75) is 50.7 Å². The number of nitrogens with one attached hydrogen (secondary N) is 1. The molecular weight excluding hydrogens is 422 g/mol. The molecule has 1 aromatic carbocycles. The lowest BCUT2D eigenvalue weighted by molar-refractivity contribution is -0.126. The number of nitrogens with zero attached hydrogens (tertiary/aromatic N) is 2. The van der Waals surface area contributed by atoms with Crippen LogP contribution in [0.3, 0.4) is 0 Å². The van der Waals surface area contributed by atoms with E-state index in [-0.39, 0.29) is 17.6 Å². The third-order valence-corrected chi connectivity index (χ3v) is 8.23. The van der Waals surface area contributed by atoms with Gasteiger partial charge >= 0.3 is 0 Å². The van der Waals surface area contributed by atoms with Crippen LogP contribution in [0.25, 0.3) is 0 Å². The Hall–Kier alpha value is -1.15. The van der Waals surface area contributed by atoms with E-state index in [0.717, 1.165) is 18.5 Å². The molecule has 0 radical (unpaired) electrons. The minimum Gasteiger partial charge on any atom is -0.356 e. The second-order valence-corrected chi connectivity index (χ2v) is 10.9. The van der Waals surface area contributed by atoms with Crippen molar-refractivity contribution in [3.05, 3.63) is 34.9 Å². The van der Waals surface area contributed by atoms with Gasteiger partial charge in [0.05, 0.1) is 5.75 Å². The molecule has 0 spiro atoms. The topological polar surface area (TPSA) is 69.7 Å². The van der Waals surface area contributed by atoms with E-state index in [1.165, 1.54) is 43.1 Å². The quantitative estimate of drug-likeness (QED) is 0.611. The van der Waals surface area contributed by atoms with Crippen LogP contribution in [0, 0.1) is 5.92 Å². The molecule has 0 aliphatic carbocycles. The molecule has 1 N–H and O–H groups in total. The first-order valence-corrected chi connectivity index (χ1v) is 13.1. The SMILES string of the molecule is O=C(NCCCN1CCCCCC1)C1CCN(S(=O)(=O)Cc2ccc(Cl)cc2)CC1. The lowest BCUT2D eigenvalue weighted by atomic mass is 9.97. The number of carbonyl (C=O) groups is 1.